The molecule has 0 radical (unpaired) electrons. The van der Waals surface area contributed by atoms with E-state index in [0.29, 0.717) is 24.4 Å². The van der Waals surface area contributed by atoms with E-state index in [0.717, 1.165) is 0 Å². The Morgan fingerprint density at radius 1 is 1.62 bits per heavy atom. The zero-order chi connectivity index (χ0) is 11.9. The molecule has 2 heteroatoms. The SMILES string of the molecule is C=C[C@@H]1OC[C@]2(CO)[C@H](C)[C@@H]1C(C)=C[C@@H]2C. The number of rotatable bonds is 2. The molecular weight excluding hydrogens is 200 g/mol. The van der Waals surface area contributed by atoms with Crippen LogP contribution in [0, 0.1) is 23.2 Å². The lowest BCUT2D eigenvalue weighted by molar-refractivity contribution is -0.148. The third-order valence-corrected chi connectivity index (χ3v) is 4.82. The molecule has 2 rings (SSSR count). The van der Waals surface area contributed by atoms with E-state index < -0.39 is 0 Å². The monoisotopic (exact) mass is 222 g/mol. The van der Waals surface area contributed by atoms with Crippen molar-refractivity contribution < 1.29 is 9.84 Å². The summed E-state index contributed by atoms with van der Waals surface area (Å²) in [6, 6.07) is 0. The van der Waals surface area contributed by atoms with Crippen molar-refractivity contribution in [2.45, 2.75) is 26.9 Å². The Morgan fingerprint density at radius 2 is 2.31 bits per heavy atom. The van der Waals surface area contributed by atoms with Gasteiger partial charge >= 0.3 is 0 Å². The van der Waals surface area contributed by atoms with Crippen LogP contribution in [0.25, 0.3) is 0 Å². The molecule has 2 aliphatic rings. The van der Waals surface area contributed by atoms with Crippen LogP contribution >= 0.6 is 0 Å². The number of aliphatic hydroxyl groups excluding tert-OH is 1. The van der Waals surface area contributed by atoms with Crippen LogP contribution in [0.5, 0.6) is 0 Å². The van der Waals surface area contributed by atoms with E-state index >= 15 is 0 Å². The average molecular weight is 222 g/mol. The third-order valence-electron chi connectivity index (χ3n) is 4.82. The van der Waals surface area contributed by atoms with Crippen LogP contribution in [-0.4, -0.2) is 24.4 Å². The zero-order valence-corrected chi connectivity index (χ0v) is 10.4. The Hall–Kier alpha value is -0.600. The molecule has 1 fully saturated rings. The highest BCUT2D eigenvalue weighted by molar-refractivity contribution is 5.22. The molecule has 1 N–H and O–H groups in total. The van der Waals surface area contributed by atoms with Crippen molar-refractivity contribution in [1.82, 2.24) is 0 Å². The van der Waals surface area contributed by atoms with Gasteiger partial charge in [0.1, 0.15) is 0 Å². The largest absolute Gasteiger partial charge is 0.396 e. The third kappa shape index (κ3) is 1.40. The Labute approximate surface area is 98.0 Å². The van der Waals surface area contributed by atoms with Gasteiger partial charge in [0.05, 0.1) is 19.3 Å². The summed E-state index contributed by atoms with van der Waals surface area (Å²) in [5, 5.41) is 9.74. The highest BCUT2D eigenvalue weighted by atomic mass is 16.5. The van der Waals surface area contributed by atoms with E-state index in [1.54, 1.807) is 0 Å². The quantitative estimate of drug-likeness (QED) is 0.727. The molecule has 1 saturated heterocycles. The predicted molar refractivity (Wildman–Crippen MR) is 65.0 cm³/mol. The van der Waals surface area contributed by atoms with Crippen molar-refractivity contribution in [3.05, 3.63) is 24.3 Å². The fourth-order valence-electron chi connectivity index (χ4n) is 3.55. The van der Waals surface area contributed by atoms with Gasteiger partial charge < -0.3 is 9.84 Å². The van der Waals surface area contributed by atoms with Crippen molar-refractivity contribution in [2.75, 3.05) is 13.2 Å². The highest BCUT2D eigenvalue weighted by Gasteiger charge is 2.52. The summed E-state index contributed by atoms with van der Waals surface area (Å²) < 4.78 is 5.88. The molecular formula is C14H22O2. The van der Waals surface area contributed by atoms with Gasteiger partial charge in [-0.05, 0) is 18.8 Å². The van der Waals surface area contributed by atoms with Crippen molar-refractivity contribution in [3.8, 4) is 0 Å². The molecule has 0 amide bonds. The Balaban J connectivity index is 2.44. The van der Waals surface area contributed by atoms with Crippen LogP contribution < -0.4 is 0 Å². The van der Waals surface area contributed by atoms with Gasteiger partial charge in [-0.2, -0.15) is 0 Å². The number of allylic oxidation sites excluding steroid dienone is 1. The van der Waals surface area contributed by atoms with Gasteiger partial charge in [-0.3, -0.25) is 0 Å². The fraction of sp³-hybridized carbons (Fsp3) is 0.714. The minimum atomic E-state index is -0.0936. The number of hydrogen-bond donors (Lipinski definition) is 1. The molecule has 90 valence electrons. The zero-order valence-electron chi connectivity index (χ0n) is 10.4. The molecule has 2 nitrogen and oxygen atoms in total. The minimum absolute atomic E-state index is 0.0936. The maximum Gasteiger partial charge on any atom is 0.0821 e. The van der Waals surface area contributed by atoms with Crippen LogP contribution in [0.3, 0.4) is 0 Å². The molecule has 0 aromatic heterocycles. The summed E-state index contributed by atoms with van der Waals surface area (Å²) in [4.78, 5) is 0. The first-order valence-corrected chi connectivity index (χ1v) is 6.10. The molecule has 5 atom stereocenters. The standard InChI is InChI=1S/C14H22O2/c1-5-12-13-9(2)6-10(3)14(7-15,8-16-12)11(13)4/h5-6,10-13,15H,1,7-8H2,2-4H3/t10-,11+,12-,13-,14-/m0/s1. The average Bonchev–Trinajstić information content (AvgIpc) is 2.26. The second-order valence-corrected chi connectivity index (χ2v) is 5.42. The lowest BCUT2D eigenvalue weighted by atomic mass is 9.56. The van der Waals surface area contributed by atoms with Crippen molar-refractivity contribution in [2.24, 2.45) is 23.2 Å². The number of fused-ring (bicyclic) bond motifs is 2. The van der Waals surface area contributed by atoms with E-state index in [4.69, 9.17) is 4.74 Å². The molecule has 1 aliphatic heterocycles. The predicted octanol–water partition coefficient (Wildman–Crippen LogP) is 2.40. The minimum Gasteiger partial charge on any atom is -0.396 e. The number of ether oxygens (including phenoxy) is 1. The van der Waals surface area contributed by atoms with E-state index in [1.165, 1.54) is 5.57 Å². The normalized spacial score (nSPS) is 47.4. The summed E-state index contributed by atoms with van der Waals surface area (Å²) in [5.41, 5.74) is 1.29. The first kappa shape index (κ1) is 11.9. The second kappa shape index (κ2) is 4.01. The number of hydrogen-bond acceptors (Lipinski definition) is 2. The molecule has 16 heavy (non-hydrogen) atoms. The van der Waals surface area contributed by atoms with Gasteiger partial charge in [-0.15, -0.1) is 6.58 Å². The van der Waals surface area contributed by atoms with Crippen LogP contribution in [0.2, 0.25) is 0 Å². The molecule has 0 saturated carbocycles. The molecule has 0 aromatic rings. The highest BCUT2D eigenvalue weighted by Crippen LogP contribution is 2.52. The molecule has 1 heterocycles. The van der Waals surface area contributed by atoms with E-state index in [2.05, 4.69) is 33.4 Å². The molecule has 0 aromatic carbocycles. The summed E-state index contributed by atoms with van der Waals surface area (Å²) in [5.74, 6) is 1.22. The maximum absolute atomic E-state index is 9.74. The Kier molecular flexibility index (Phi) is 2.97. The first-order valence-electron chi connectivity index (χ1n) is 6.10. The summed E-state index contributed by atoms with van der Waals surface area (Å²) in [6.45, 7) is 11.3. The van der Waals surface area contributed by atoms with Gasteiger partial charge in [-0.25, -0.2) is 0 Å². The van der Waals surface area contributed by atoms with E-state index in [9.17, 15) is 5.11 Å². The van der Waals surface area contributed by atoms with Crippen molar-refractivity contribution in [1.29, 1.82) is 0 Å². The van der Waals surface area contributed by atoms with E-state index in [1.807, 2.05) is 6.08 Å². The van der Waals surface area contributed by atoms with E-state index in [-0.39, 0.29) is 18.1 Å². The Morgan fingerprint density at radius 3 is 2.88 bits per heavy atom. The smallest absolute Gasteiger partial charge is 0.0821 e. The fourth-order valence-corrected chi connectivity index (χ4v) is 3.55. The van der Waals surface area contributed by atoms with Gasteiger partial charge in [0.2, 0.25) is 0 Å². The van der Waals surface area contributed by atoms with Gasteiger partial charge in [0.15, 0.2) is 0 Å². The first-order chi connectivity index (χ1) is 7.56. The maximum atomic E-state index is 9.74. The van der Waals surface area contributed by atoms with Crippen LogP contribution in [0.15, 0.2) is 24.3 Å². The topological polar surface area (TPSA) is 29.5 Å². The molecule has 2 bridgehead atoms. The molecule has 0 unspecified atom stereocenters. The summed E-state index contributed by atoms with van der Waals surface area (Å²) in [6.07, 6.45) is 4.31. The second-order valence-electron chi connectivity index (χ2n) is 5.42. The van der Waals surface area contributed by atoms with Crippen LogP contribution in [0.1, 0.15) is 20.8 Å². The van der Waals surface area contributed by atoms with Crippen LogP contribution in [-0.2, 0) is 4.74 Å². The summed E-state index contributed by atoms with van der Waals surface area (Å²) >= 11 is 0. The molecule has 1 aliphatic carbocycles. The molecule has 0 spiro atoms. The summed E-state index contributed by atoms with van der Waals surface area (Å²) in [7, 11) is 0. The van der Waals surface area contributed by atoms with Gasteiger partial charge in [0.25, 0.3) is 0 Å². The van der Waals surface area contributed by atoms with Gasteiger partial charge in [-0.1, -0.05) is 31.6 Å². The van der Waals surface area contributed by atoms with Gasteiger partial charge in [0, 0.05) is 11.3 Å². The number of aliphatic hydroxyl groups is 1. The lowest BCUT2D eigenvalue weighted by Gasteiger charge is -2.54. The lowest BCUT2D eigenvalue weighted by Crippen LogP contribution is -2.55. The van der Waals surface area contributed by atoms with Crippen LogP contribution in [0.4, 0.5) is 0 Å². The Bertz CT molecular complexity index is 321. The van der Waals surface area contributed by atoms with Crippen molar-refractivity contribution in [3.63, 3.8) is 0 Å². The van der Waals surface area contributed by atoms with Crippen molar-refractivity contribution >= 4 is 0 Å².